The van der Waals surface area contributed by atoms with Gasteiger partial charge in [0.15, 0.2) is 0 Å². The number of hydrogen-bond acceptors (Lipinski definition) is 5. The molecule has 1 saturated heterocycles. The van der Waals surface area contributed by atoms with Crippen molar-refractivity contribution < 1.29 is 4.79 Å². The van der Waals surface area contributed by atoms with Crippen molar-refractivity contribution in [3.8, 4) is 0 Å². The van der Waals surface area contributed by atoms with E-state index in [0.29, 0.717) is 11.4 Å². The van der Waals surface area contributed by atoms with Gasteiger partial charge in [0.2, 0.25) is 0 Å². The van der Waals surface area contributed by atoms with Crippen molar-refractivity contribution >= 4 is 23.5 Å². The molecule has 0 bridgehead atoms. The van der Waals surface area contributed by atoms with Crippen LogP contribution < -0.4 is 10.6 Å². The minimum Gasteiger partial charge on any atom is -0.368 e. The van der Waals surface area contributed by atoms with Crippen LogP contribution in [-0.2, 0) is 0 Å². The summed E-state index contributed by atoms with van der Waals surface area (Å²) in [5.74, 6) is 3.08. The maximum Gasteiger partial charge on any atom is 0.254 e. The van der Waals surface area contributed by atoms with E-state index in [4.69, 9.17) is 0 Å². The third-order valence-corrected chi connectivity index (χ3v) is 6.27. The molecule has 1 aromatic rings. The zero-order chi connectivity index (χ0) is 16.8. The molecule has 2 N–H and O–H groups in total. The lowest BCUT2D eigenvalue weighted by Crippen LogP contribution is -2.57. The first-order chi connectivity index (χ1) is 11.7. The molecule has 2 aliphatic rings. The van der Waals surface area contributed by atoms with E-state index in [-0.39, 0.29) is 11.4 Å². The Morgan fingerprint density at radius 2 is 2.04 bits per heavy atom. The Hall–Kier alpha value is -1.27. The minimum atomic E-state index is -0.0855. The molecule has 1 aliphatic heterocycles. The van der Waals surface area contributed by atoms with Gasteiger partial charge in [-0.2, -0.15) is 11.8 Å². The van der Waals surface area contributed by atoms with E-state index in [1.54, 1.807) is 13.2 Å². The van der Waals surface area contributed by atoms with Gasteiger partial charge in [-0.1, -0.05) is 19.3 Å². The second-order valence-electron chi connectivity index (χ2n) is 6.72. The lowest BCUT2D eigenvalue weighted by molar-refractivity contribution is 0.0705. The number of anilines is 1. The number of hydrogen-bond donors (Lipinski definition) is 2. The van der Waals surface area contributed by atoms with Gasteiger partial charge >= 0.3 is 0 Å². The summed E-state index contributed by atoms with van der Waals surface area (Å²) in [6.07, 6.45) is 8.18. The SMILES string of the molecule is CNC(=O)c1cccnc1NCC1(N2CCSCC2)CCCCC1. The second kappa shape index (κ2) is 8.21. The van der Waals surface area contributed by atoms with E-state index in [1.807, 2.05) is 12.1 Å². The van der Waals surface area contributed by atoms with E-state index in [0.717, 1.165) is 6.54 Å². The molecule has 1 aliphatic carbocycles. The first-order valence-corrected chi connectivity index (χ1v) is 10.1. The zero-order valence-corrected chi connectivity index (χ0v) is 15.3. The maximum atomic E-state index is 12.1. The third-order valence-electron chi connectivity index (χ3n) is 5.33. The van der Waals surface area contributed by atoms with Crippen molar-refractivity contribution in [2.75, 3.05) is 43.5 Å². The molecule has 0 unspecified atom stereocenters. The van der Waals surface area contributed by atoms with E-state index >= 15 is 0 Å². The van der Waals surface area contributed by atoms with Gasteiger partial charge in [0.05, 0.1) is 5.56 Å². The number of thioether (sulfide) groups is 1. The van der Waals surface area contributed by atoms with Gasteiger partial charge in [-0.15, -0.1) is 0 Å². The Kier molecular flexibility index (Phi) is 6.00. The van der Waals surface area contributed by atoms with E-state index in [1.165, 1.54) is 56.7 Å². The average Bonchev–Trinajstić information content (AvgIpc) is 2.67. The smallest absolute Gasteiger partial charge is 0.254 e. The molecule has 0 spiro atoms. The highest BCUT2D eigenvalue weighted by Gasteiger charge is 2.38. The summed E-state index contributed by atoms with van der Waals surface area (Å²) in [6.45, 7) is 3.23. The number of aromatic nitrogens is 1. The second-order valence-corrected chi connectivity index (χ2v) is 7.94. The number of amides is 1. The topological polar surface area (TPSA) is 57.3 Å². The van der Waals surface area contributed by atoms with Gasteiger partial charge in [-0.25, -0.2) is 4.98 Å². The van der Waals surface area contributed by atoms with Crippen molar-refractivity contribution in [1.82, 2.24) is 15.2 Å². The molecule has 24 heavy (non-hydrogen) atoms. The standard InChI is InChI=1S/C18H28N4OS/c1-19-17(23)15-6-5-9-20-16(15)21-14-18(7-3-2-4-8-18)22-10-12-24-13-11-22/h5-6,9H,2-4,7-8,10-14H2,1H3,(H,19,23)(H,20,21). The normalized spacial score (nSPS) is 21.2. The lowest BCUT2D eigenvalue weighted by atomic mass is 9.80. The van der Waals surface area contributed by atoms with Crippen LogP contribution in [0.5, 0.6) is 0 Å². The fraction of sp³-hybridized carbons (Fsp3) is 0.667. The van der Waals surface area contributed by atoms with Gasteiger partial charge in [-0.05, 0) is 25.0 Å². The van der Waals surface area contributed by atoms with Gasteiger partial charge in [0.25, 0.3) is 5.91 Å². The summed E-state index contributed by atoms with van der Waals surface area (Å²) in [4.78, 5) is 19.2. The van der Waals surface area contributed by atoms with Crippen molar-refractivity contribution in [3.05, 3.63) is 23.9 Å². The molecule has 2 fully saturated rings. The average molecular weight is 349 g/mol. The van der Waals surface area contributed by atoms with E-state index in [9.17, 15) is 4.79 Å². The fourth-order valence-corrected chi connectivity index (χ4v) is 4.87. The number of nitrogens with zero attached hydrogens (tertiary/aromatic N) is 2. The predicted octanol–water partition coefficient (Wildman–Crippen LogP) is 2.60. The molecule has 5 nitrogen and oxygen atoms in total. The van der Waals surface area contributed by atoms with Gasteiger partial charge in [-0.3, -0.25) is 9.69 Å². The molecule has 0 radical (unpaired) electrons. The van der Waals surface area contributed by atoms with E-state index in [2.05, 4.69) is 32.3 Å². The largest absolute Gasteiger partial charge is 0.368 e. The van der Waals surface area contributed by atoms with Crippen LogP contribution in [-0.4, -0.2) is 59.5 Å². The van der Waals surface area contributed by atoms with Crippen LogP contribution in [0.4, 0.5) is 5.82 Å². The molecule has 2 heterocycles. The highest BCUT2D eigenvalue weighted by atomic mass is 32.2. The first-order valence-electron chi connectivity index (χ1n) is 8.99. The minimum absolute atomic E-state index is 0.0855. The lowest BCUT2D eigenvalue weighted by Gasteiger charge is -2.48. The van der Waals surface area contributed by atoms with Gasteiger partial charge in [0.1, 0.15) is 5.82 Å². The summed E-state index contributed by atoms with van der Waals surface area (Å²) in [6, 6.07) is 3.65. The number of nitrogens with one attached hydrogen (secondary N) is 2. The fourth-order valence-electron chi connectivity index (χ4n) is 3.96. The van der Waals surface area contributed by atoms with Gasteiger partial charge < -0.3 is 10.6 Å². The molecule has 0 aromatic carbocycles. The number of carbonyl (C=O) groups excluding carboxylic acids is 1. The number of carbonyl (C=O) groups is 1. The quantitative estimate of drug-likeness (QED) is 0.857. The van der Waals surface area contributed by atoms with Crippen LogP contribution in [0.25, 0.3) is 0 Å². The van der Waals surface area contributed by atoms with E-state index < -0.39 is 0 Å². The predicted molar refractivity (Wildman–Crippen MR) is 101 cm³/mol. The van der Waals surface area contributed by atoms with Crippen LogP contribution in [0, 0.1) is 0 Å². The van der Waals surface area contributed by atoms with Crippen LogP contribution in [0.1, 0.15) is 42.5 Å². The van der Waals surface area contributed by atoms with Crippen LogP contribution >= 0.6 is 11.8 Å². The van der Waals surface area contributed by atoms with Crippen LogP contribution in [0.3, 0.4) is 0 Å². The van der Waals surface area contributed by atoms with Crippen LogP contribution in [0.15, 0.2) is 18.3 Å². The van der Waals surface area contributed by atoms with Crippen molar-refractivity contribution in [1.29, 1.82) is 0 Å². The van der Waals surface area contributed by atoms with Crippen LogP contribution in [0.2, 0.25) is 0 Å². The van der Waals surface area contributed by atoms with Crippen molar-refractivity contribution in [2.24, 2.45) is 0 Å². The first kappa shape index (κ1) is 17.5. The molecule has 1 aromatic heterocycles. The Balaban J connectivity index is 1.75. The summed E-state index contributed by atoms with van der Waals surface area (Å²) >= 11 is 2.06. The van der Waals surface area contributed by atoms with Gasteiger partial charge in [0, 0.05) is 49.9 Å². The number of pyridine rings is 1. The number of rotatable bonds is 5. The molecule has 3 rings (SSSR count). The summed E-state index contributed by atoms with van der Waals surface area (Å²) < 4.78 is 0. The third kappa shape index (κ3) is 3.86. The Bertz CT molecular complexity index is 554. The Morgan fingerprint density at radius 1 is 1.29 bits per heavy atom. The summed E-state index contributed by atoms with van der Waals surface area (Å²) in [5, 5.41) is 6.22. The molecular weight excluding hydrogens is 320 g/mol. The van der Waals surface area contributed by atoms with Crippen molar-refractivity contribution in [2.45, 2.75) is 37.6 Å². The highest BCUT2D eigenvalue weighted by Crippen LogP contribution is 2.35. The molecule has 132 valence electrons. The molecular formula is C18H28N4OS. The maximum absolute atomic E-state index is 12.1. The Morgan fingerprint density at radius 3 is 2.75 bits per heavy atom. The molecule has 1 saturated carbocycles. The molecule has 6 heteroatoms. The summed E-state index contributed by atoms with van der Waals surface area (Å²) in [7, 11) is 1.66. The van der Waals surface area contributed by atoms with Crippen molar-refractivity contribution in [3.63, 3.8) is 0 Å². The molecule has 0 atom stereocenters. The zero-order valence-electron chi connectivity index (χ0n) is 14.5. The Labute approximate surface area is 149 Å². The summed E-state index contributed by atoms with van der Waals surface area (Å²) in [5.41, 5.74) is 0.844. The highest BCUT2D eigenvalue weighted by molar-refractivity contribution is 7.99. The molecule has 1 amide bonds. The monoisotopic (exact) mass is 348 g/mol.